The number of nitrogens with zero attached hydrogens (tertiary/aromatic N) is 4. The molecule has 3 heterocycles. The van der Waals surface area contributed by atoms with Crippen molar-refractivity contribution in [2.24, 2.45) is 0 Å². The van der Waals surface area contributed by atoms with Crippen molar-refractivity contribution in [1.82, 2.24) is 19.6 Å². The first-order valence-corrected chi connectivity index (χ1v) is 16.6. The maximum atomic E-state index is 14.6. The highest BCUT2D eigenvalue weighted by molar-refractivity contribution is 6.00. The number of halogens is 3. The molecule has 1 unspecified atom stereocenters. The molecule has 0 radical (unpaired) electrons. The molecule has 2 amide bonds. The first kappa shape index (κ1) is 33.1. The molecule has 0 fully saturated rings. The fourth-order valence-corrected chi connectivity index (χ4v) is 6.40. The lowest BCUT2D eigenvalue weighted by Crippen LogP contribution is -2.45. The SMILES string of the molecule is CCCCN(CCCC)C(=O)c1cc2n(n1)-c1ccc(-c3cccc(OC(F)(F)F)c3)cc1C(=O)N1Cc3ccccc3CC1CCO2. The van der Waals surface area contributed by atoms with E-state index in [1.165, 1.54) is 28.4 Å². The summed E-state index contributed by atoms with van der Waals surface area (Å²) in [6.07, 6.45) is 0.00415. The summed E-state index contributed by atoms with van der Waals surface area (Å²) in [5.74, 6) is -0.455. The average molecular weight is 661 g/mol. The molecule has 0 saturated carbocycles. The zero-order chi connectivity index (χ0) is 33.8. The van der Waals surface area contributed by atoms with Gasteiger partial charge in [-0.2, -0.15) is 9.78 Å². The number of benzene rings is 3. The van der Waals surface area contributed by atoms with E-state index in [1.54, 1.807) is 30.3 Å². The number of carbonyl (C=O) groups excluding carboxylic acids is 2. The molecular formula is C37H39F3N4O4. The zero-order valence-electron chi connectivity index (χ0n) is 27.1. The van der Waals surface area contributed by atoms with Crippen LogP contribution in [0.2, 0.25) is 0 Å². The highest BCUT2D eigenvalue weighted by Crippen LogP contribution is 2.35. The van der Waals surface area contributed by atoms with E-state index in [9.17, 15) is 22.8 Å². The number of alkyl halides is 3. The van der Waals surface area contributed by atoms with Gasteiger partial charge in [-0.3, -0.25) is 9.59 Å². The summed E-state index contributed by atoms with van der Waals surface area (Å²) in [5.41, 5.74) is 4.13. The van der Waals surface area contributed by atoms with Gasteiger partial charge in [-0.15, -0.1) is 13.2 Å². The van der Waals surface area contributed by atoms with E-state index >= 15 is 0 Å². The number of fused-ring (bicyclic) bond motifs is 5. The van der Waals surface area contributed by atoms with Gasteiger partial charge in [0, 0.05) is 38.2 Å². The molecule has 1 aromatic heterocycles. The van der Waals surface area contributed by atoms with Crippen molar-refractivity contribution < 1.29 is 32.2 Å². The molecule has 11 heteroatoms. The summed E-state index contributed by atoms with van der Waals surface area (Å²) in [6.45, 7) is 6.11. The monoisotopic (exact) mass is 660 g/mol. The van der Waals surface area contributed by atoms with E-state index < -0.39 is 6.36 Å². The molecule has 2 aliphatic rings. The van der Waals surface area contributed by atoms with E-state index in [2.05, 4.69) is 24.7 Å². The predicted octanol–water partition coefficient (Wildman–Crippen LogP) is 7.83. The Labute approximate surface area is 278 Å². The third-order valence-corrected chi connectivity index (χ3v) is 8.92. The summed E-state index contributed by atoms with van der Waals surface area (Å²) >= 11 is 0. The molecule has 0 aliphatic carbocycles. The van der Waals surface area contributed by atoms with E-state index in [1.807, 2.05) is 28.0 Å². The molecule has 4 aromatic rings. The van der Waals surface area contributed by atoms with Crippen LogP contribution in [0, 0.1) is 0 Å². The number of unbranched alkanes of at least 4 members (excludes halogenated alkanes) is 2. The van der Waals surface area contributed by atoms with Gasteiger partial charge in [-0.25, -0.2) is 0 Å². The van der Waals surface area contributed by atoms with Crippen molar-refractivity contribution in [3.05, 3.63) is 95.2 Å². The van der Waals surface area contributed by atoms with E-state index in [-0.39, 0.29) is 29.3 Å². The summed E-state index contributed by atoms with van der Waals surface area (Å²) in [5, 5.41) is 4.72. The number of ether oxygens (including phenoxy) is 2. The molecule has 252 valence electrons. The molecule has 2 aliphatic heterocycles. The van der Waals surface area contributed by atoms with E-state index in [4.69, 9.17) is 9.84 Å². The number of carbonyl (C=O) groups is 2. The number of hydrogen-bond acceptors (Lipinski definition) is 5. The number of hydrogen-bond donors (Lipinski definition) is 0. The fraction of sp³-hybridized carbons (Fsp3) is 0.378. The molecular weight excluding hydrogens is 621 g/mol. The lowest BCUT2D eigenvalue weighted by atomic mass is 9.91. The van der Waals surface area contributed by atoms with Crippen LogP contribution in [-0.2, 0) is 13.0 Å². The second kappa shape index (κ2) is 14.1. The Bertz CT molecular complexity index is 1780. The van der Waals surface area contributed by atoms with Crippen molar-refractivity contribution in [2.75, 3.05) is 19.7 Å². The van der Waals surface area contributed by atoms with Crippen LogP contribution in [0.3, 0.4) is 0 Å². The van der Waals surface area contributed by atoms with Gasteiger partial charge in [0.05, 0.1) is 17.9 Å². The average Bonchev–Trinajstić information content (AvgIpc) is 3.50. The van der Waals surface area contributed by atoms with Crippen LogP contribution in [0.25, 0.3) is 16.8 Å². The van der Waals surface area contributed by atoms with Crippen LogP contribution >= 0.6 is 0 Å². The van der Waals surface area contributed by atoms with Crippen LogP contribution in [0.1, 0.15) is 77.9 Å². The molecule has 0 saturated heterocycles. The summed E-state index contributed by atoms with van der Waals surface area (Å²) in [6, 6.07) is 20.3. The zero-order valence-corrected chi connectivity index (χ0v) is 27.1. The van der Waals surface area contributed by atoms with Gasteiger partial charge in [-0.05, 0) is 65.8 Å². The van der Waals surface area contributed by atoms with Crippen molar-refractivity contribution in [3.8, 4) is 28.4 Å². The minimum Gasteiger partial charge on any atom is -0.477 e. The van der Waals surface area contributed by atoms with Crippen LogP contribution in [-0.4, -0.2) is 63.5 Å². The van der Waals surface area contributed by atoms with Crippen LogP contribution < -0.4 is 9.47 Å². The highest BCUT2D eigenvalue weighted by atomic mass is 19.4. The van der Waals surface area contributed by atoms with Gasteiger partial charge in [0.15, 0.2) is 5.69 Å². The third-order valence-electron chi connectivity index (χ3n) is 8.92. The number of amides is 2. The maximum absolute atomic E-state index is 14.6. The summed E-state index contributed by atoms with van der Waals surface area (Å²) < 4.78 is 51.0. The minimum atomic E-state index is -4.84. The first-order chi connectivity index (χ1) is 23.1. The van der Waals surface area contributed by atoms with E-state index in [0.717, 1.165) is 31.2 Å². The lowest BCUT2D eigenvalue weighted by Gasteiger charge is -2.38. The second-order valence-corrected chi connectivity index (χ2v) is 12.3. The third kappa shape index (κ3) is 7.19. The van der Waals surface area contributed by atoms with Gasteiger partial charge < -0.3 is 19.3 Å². The van der Waals surface area contributed by atoms with Crippen LogP contribution in [0.15, 0.2) is 72.8 Å². The standard InChI is InChI=1S/C37H39F3N4O4/c1-3-5-17-42(18-6-4-2)36(46)32-23-34-44(41-32)33-15-14-27(26-12-9-13-30(21-26)48-37(38,39)40)22-31(33)35(45)43-24-28-11-8-7-10-25(28)20-29(43)16-19-47-34/h7-15,21-23,29H,3-6,16-20,24H2,1-2H3. The van der Waals surface area contributed by atoms with Crippen molar-refractivity contribution in [2.45, 2.75) is 71.3 Å². The Morgan fingerprint density at radius 1 is 0.958 bits per heavy atom. The second-order valence-electron chi connectivity index (χ2n) is 12.3. The number of rotatable bonds is 9. The molecule has 6 rings (SSSR count). The predicted molar refractivity (Wildman–Crippen MR) is 175 cm³/mol. The molecule has 0 bridgehead atoms. The van der Waals surface area contributed by atoms with Gasteiger partial charge in [-0.1, -0.05) is 69.2 Å². The smallest absolute Gasteiger partial charge is 0.477 e. The quantitative estimate of drug-likeness (QED) is 0.183. The van der Waals surface area contributed by atoms with Gasteiger partial charge in [0.1, 0.15) is 5.75 Å². The summed E-state index contributed by atoms with van der Waals surface area (Å²) in [7, 11) is 0. The normalized spacial score (nSPS) is 15.8. The molecule has 1 atom stereocenters. The highest BCUT2D eigenvalue weighted by Gasteiger charge is 2.34. The number of aromatic nitrogens is 2. The molecule has 48 heavy (non-hydrogen) atoms. The van der Waals surface area contributed by atoms with Crippen LogP contribution in [0.4, 0.5) is 13.2 Å². The van der Waals surface area contributed by atoms with E-state index in [0.29, 0.717) is 67.3 Å². The Hall–Kier alpha value is -4.80. The van der Waals surface area contributed by atoms with Crippen molar-refractivity contribution in [1.29, 1.82) is 0 Å². The van der Waals surface area contributed by atoms with Crippen molar-refractivity contribution >= 4 is 11.8 Å². The Morgan fingerprint density at radius 2 is 1.69 bits per heavy atom. The Morgan fingerprint density at radius 3 is 2.42 bits per heavy atom. The summed E-state index contributed by atoms with van der Waals surface area (Å²) in [4.78, 5) is 32.1. The fourth-order valence-electron chi connectivity index (χ4n) is 6.40. The largest absolute Gasteiger partial charge is 0.573 e. The first-order valence-electron chi connectivity index (χ1n) is 16.6. The molecule has 0 spiro atoms. The van der Waals surface area contributed by atoms with Gasteiger partial charge in [0.2, 0.25) is 5.88 Å². The topological polar surface area (TPSA) is 76.9 Å². The molecule has 0 N–H and O–H groups in total. The molecule has 3 aromatic carbocycles. The van der Waals surface area contributed by atoms with Gasteiger partial charge in [0.25, 0.3) is 11.8 Å². The molecule has 8 nitrogen and oxygen atoms in total. The minimum absolute atomic E-state index is 0.151. The Balaban J connectivity index is 1.45. The maximum Gasteiger partial charge on any atom is 0.573 e. The van der Waals surface area contributed by atoms with Gasteiger partial charge >= 0.3 is 6.36 Å². The van der Waals surface area contributed by atoms with Crippen molar-refractivity contribution in [3.63, 3.8) is 0 Å². The van der Waals surface area contributed by atoms with Crippen LogP contribution in [0.5, 0.6) is 11.6 Å². The Kier molecular flexibility index (Phi) is 9.75. The lowest BCUT2D eigenvalue weighted by molar-refractivity contribution is -0.274.